The van der Waals surface area contributed by atoms with Crippen molar-refractivity contribution in [2.45, 2.75) is 52.0 Å². The lowest BCUT2D eigenvalue weighted by Gasteiger charge is -2.36. The Morgan fingerprint density at radius 3 is 2.52 bits per heavy atom. The van der Waals surface area contributed by atoms with Gasteiger partial charge in [0.05, 0.1) is 0 Å². The van der Waals surface area contributed by atoms with Crippen molar-refractivity contribution in [1.29, 1.82) is 0 Å². The molecule has 0 radical (unpaired) electrons. The molecule has 1 nitrogen and oxygen atoms in total. The zero-order chi connectivity index (χ0) is 14.7. The Kier molecular flexibility index (Phi) is 4.30. The normalized spacial score (nSPS) is 19.0. The van der Waals surface area contributed by atoms with Crippen LogP contribution in [0.2, 0.25) is 0 Å². The molecule has 112 valence electrons. The zero-order valence-electron chi connectivity index (χ0n) is 13.4. The lowest BCUT2D eigenvalue weighted by Crippen LogP contribution is -2.35. The molecule has 0 aromatic heterocycles. The molecular formula is C20H27N. The van der Waals surface area contributed by atoms with Crippen LogP contribution in [0.15, 0.2) is 42.5 Å². The van der Waals surface area contributed by atoms with Crippen molar-refractivity contribution < 1.29 is 0 Å². The molecule has 0 bridgehead atoms. The smallest absolute Gasteiger partial charge is 0.0380 e. The molecule has 0 amide bonds. The highest BCUT2D eigenvalue weighted by Gasteiger charge is 2.37. The molecular weight excluding hydrogens is 254 g/mol. The van der Waals surface area contributed by atoms with Crippen LogP contribution in [-0.4, -0.2) is 6.54 Å². The van der Waals surface area contributed by atoms with Crippen LogP contribution < -0.4 is 5.32 Å². The first kappa shape index (κ1) is 14.6. The Morgan fingerprint density at radius 1 is 1.05 bits per heavy atom. The molecule has 21 heavy (non-hydrogen) atoms. The van der Waals surface area contributed by atoms with Crippen molar-refractivity contribution in [1.82, 2.24) is 5.32 Å². The van der Waals surface area contributed by atoms with Crippen molar-refractivity contribution in [2.24, 2.45) is 5.41 Å². The molecule has 1 atom stereocenters. The zero-order valence-corrected chi connectivity index (χ0v) is 13.4. The van der Waals surface area contributed by atoms with E-state index in [9.17, 15) is 0 Å². The summed E-state index contributed by atoms with van der Waals surface area (Å²) in [7, 11) is 0. The molecule has 1 fully saturated rings. The molecule has 1 saturated carbocycles. The third-order valence-corrected chi connectivity index (χ3v) is 5.18. The maximum absolute atomic E-state index is 3.86. The van der Waals surface area contributed by atoms with Gasteiger partial charge in [0.2, 0.25) is 0 Å². The summed E-state index contributed by atoms with van der Waals surface area (Å²) in [5.74, 6) is 0. The summed E-state index contributed by atoms with van der Waals surface area (Å²) in [4.78, 5) is 0. The average molecular weight is 281 g/mol. The summed E-state index contributed by atoms with van der Waals surface area (Å²) in [6.07, 6.45) is 6.64. The van der Waals surface area contributed by atoms with Crippen LogP contribution in [-0.2, 0) is 0 Å². The largest absolute Gasteiger partial charge is 0.309 e. The molecule has 0 aliphatic heterocycles. The van der Waals surface area contributed by atoms with Crippen LogP contribution in [0.3, 0.4) is 0 Å². The third kappa shape index (κ3) is 2.85. The summed E-state index contributed by atoms with van der Waals surface area (Å²) in [6, 6.07) is 16.1. The Bertz CT molecular complexity index is 590. The van der Waals surface area contributed by atoms with Crippen molar-refractivity contribution >= 4 is 10.8 Å². The van der Waals surface area contributed by atoms with Gasteiger partial charge in [0, 0.05) is 6.04 Å². The van der Waals surface area contributed by atoms with Gasteiger partial charge in [-0.2, -0.15) is 0 Å². The molecule has 0 spiro atoms. The fourth-order valence-corrected chi connectivity index (χ4v) is 3.99. The van der Waals surface area contributed by atoms with E-state index >= 15 is 0 Å². The predicted octanol–water partition coefficient (Wildman–Crippen LogP) is 5.46. The van der Waals surface area contributed by atoms with E-state index in [0.717, 1.165) is 6.54 Å². The van der Waals surface area contributed by atoms with Gasteiger partial charge >= 0.3 is 0 Å². The van der Waals surface area contributed by atoms with Crippen molar-refractivity contribution in [3.63, 3.8) is 0 Å². The molecule has 2 aromatic carbocycles. The van der Waals surface area contributed by atoms with Gasteiger partial charge in [-0.1, -0.05) is 69.2 Å². The summed E-state index contributed by atoms with van der Waals surface area (Å²) >= 11 is 0. The van der Waals surface area contributed by atoms with Crippen LogP contribution in [0.5, 0.6) is 0 Å². The molecule has 1 aliphatic carbocycles. The van der Waals surface area contributed by atoms with Gasteiger partial charge in [0.1, 0.15) is 0 Å². The number of rotatable bonds is 5. The van der Waals surface area contributed by atoms with E-state index in [4.69, 9.17) is 0 Å². The molecule has 3 rings (SSSR count). The number of benzene rings is 2. The molecule has 0 saturated heterocycles. The number of hydrogen-bond donors (Lipinski definition) is 1. The van der Waals surface area contributed by atoms with Crippen LogP contribution in [0, 0.1) is 5.41 Å². The molecule has 1 N–H and O–H groups in total. The van der Waals surface area contributed by atoms with Crippen LogP contribution in [0.1, 0.15) is 57.6 Å². The van der Waals surface area contributed by atoms with Crippen molar-refractivity contribution in [3.8, 4) is 0 Å². The maximum Gasteiger partial charge on any atom is 0.0380 e. The summed E-state index contributed by atoms with van der Waals surface area (Å²) < 4.78 is 0. The lowest BCUT2D eigenvalue weighted by molar-refractivity contribution is 0.225. The van der Waals surface area contributed by atoms with E-state index in [2.05, 4.69) is 61.6 Å². The molecule has 2 aromatic rings. The van der Waals surface area contributed by atoms with E-state index in [1.165, 1.54) is 48.4 Å². The van der Waals surface area contributed by atoms with E-state index < -0.39 is 0 Å². The van der Waals surface area contributed by atoms with Crippen LogP contribution >= 0.6 is 0 Å². The van der Waals surface area contributed by atoms with E-state index in [0.29, 0.717) is 11.5 Å². The highest BCUT2D eigenvalue weighted by Crippen LogP contribution is 2.48. The Hall–Kier alpha value is -1.34. The van der Waals surface area contributed by atoms with Gasteiger partial charge in [-0.15, -0.1) is 0 Å². The van der Waals surface area contributed by atoms with E-state index in [1.807, 2.05) is 0 Å². The molecule has 1 aliphatic rings. The Morgan fingerprint density at radius 2 is 1.76 bits per heavy atom. The first-order valence-electron chi connectivity index (χ1n) is 8.46. The molecule has 1 heteroatoms. The minimum absolute atomic E-state index is 0.402. The summed E-state index contributed by atoms with van der Waals surface area (Å²) in [5.41, 5.74) is 1.89. The van der Waals surface area contributed by atoms with Gasteiger partial charge in [0.15, 0.2) is 0 Å². The second kappa shape index (κ2) is 6.19. The Labute approximate surface area is 128 Å². The van der Waals surface area contributed by atoms with Crippen LogP contribution in [0.4, 0.5) is 0 Å². The minimum atomic E-state index is 0.402. The molecule has 1 unspecified atom stereocenters. The van der Waals surface area contributed by atoms with Gasteiger partial charge in [0.25, 0.3) is 0 Å². The number of nitrogens with one attached hydrogen (secondary N) is 1. The summed E-state index contributed by atoms with van der Waals surface area (Å²) in [5, 5.41) is 6.64. The maximum atomic E-state index is 3.86. The summed E-state index contributed by atoms with van der Waals surface area (Å²) in [6.45, 7) is 5.84. The van der Waals surface area contributed by atoms with E-state index in [-0.39, 0.29) is 0 Å². The Balaban J connectivity index is 2.05. The SMILES string of the molecule is CCCNC(c1cccc2ccccc12)C1(C)CCCC1. The standard InChI is InChI=1S/C20H27N/c1-3-15-21-19(20(2)13-6-7-14-20)18-12-8-10-16-9-4-5-11-17(16)18/h4-5,8-12,19,21H,3,6-7,13-15H2,1-2H3. The second-order valence-electron chi connectivity index (χ2n) is 6.82. The minimum Gasteiger partial charge on any atom is -0.309 e. The number of fused-ring (bicyclic) bond motifs is 1. The quantitative estimate of drug-likeness (QED) is 0.767. The van der Waals surface area contributed by atoms with Crippen molar-refractivity contribution in [3.05, 3.63) is 48.0 Å². The highest BCUT2D eigenvalue weighted by molar-refractivity contribution is 5.86. The van der Waals surface area contributed by atoms with Gasteiger partial charge in [-0.3, -0.25) is 0 Å². The highest BCUT2D eigenvalue weighted by atomic mass is 14.9. The number of hydrogen-bond acceptors (Lipinski definition) is 1. The monoisotopic (exact) mass is 281 g/mol. The van der Waals surface area contributed by atoms with Crippen LogP contribution in [0.25, 0.3) is 10.8 Å². The second-order valence-corrected chi connectivity index (χ2v) is 6.82. The van der Waals surface area contributed by atoms with Gasteiger partial charge < -0.3 is 5.32 Å². The topological polar surface area (TPSA) is 12.0 Å². The van der Waals surface area contributed by atoms with Gasteiger partial charge in [-0.25, -0.2) is 0 Å². The van der Waals surface area contributed by atoms with E-state index in [1.54, 1.807) is 0 Å². The average Bonchev–Trinajstić information content (AvgIpc) is 2.95. The molecule has 0 heterocycles. The first-order chi connectivity index (χ1) is 10.2. The fourth-order valence-electron chi connectivity index (χ4n) is 3.99. The lowest BCUT2D eigenvalue weighted by atomic mass is 9.76. The fraction of sp³-hybridized carbons (Fsp3) is 0.500. The first-order valence-corrected chi connectivity index (χ1v) is 8.46. The predicted molar refractivity (Wildman–Crippen MR) is 91.6 cm³/mol. The van der Waals surface area contributed by atoms with Crippen molar-refractivity contribution in [2.75, 3.05) is 6.54 Å². The van der Waals surface area contributed by atoms with Gasteiger partial charge in [-0.05, 0) is 47.6 Å². The third-order valence-electron chi connectivity index (χ3n) is 5.18.